The molecule has 2 N–H and O–H groups in total. The minimum Gasteiger partial charge on any atom is -0.495 e. The summed E-state index contributed by atoms with van der Waals surface area (Å²) in [5.74, 6) is -0.127. The number of hydrogen-bond donors (Lipinski definition) is 2. The molecule has 0 unspecified atom stereocenters. The summed E-state index contributed by atoms with van der Waals surface area (Å²) in [4.78, 5) is 12.4. The Morgan fingerprint density at radius 3 is 2.28 bits per heavy atom. The highest BCUT2D eigenvalue weighted by Crippen LogP contribution is 2.30. The second-order valence-corrected chi connectivity index (χ2v) is 8.43. The largest absolute Gasteiger partial charge is 0.495 e. The van der Waals surface area contributed by atoms with Crippen LogP contribution in [-0.2, 0) is 10.0 Å². The van der Waals surface area contributed by atoms with E-state index >= 15 is 0 Å². The van der Waals surface area contributed by atoms with Gasteiger partial charge in [0.25, 0.3) is 15.9 Å². The maximum Gasteiger partial charge on any atom is 0.262 e. The zero-order valence-electron chi connectivity index (χ0n) is 15.1. The zero-order valence-corrected chi connectivity index (χ0v) is 17.5. The van der Waals surface area contributed by atoms with E-state index in [0.717, 1.165) is 0 Å². The van der Waals surface area contributed by atoms with E-state index in [-0.39, 0.29) is 21.3 Å². The van der Waals surface area contributed by atoms with Crippen LogP contribution in [0.2, 0.25) is 10.0 Å². The topological polar surface area (TPSA) is 84.5 Å². The quantitative estimate of drug-likeness (QED) is 0.549. The summed E-state index contributed by atoms with van der Waals surface area (Å²) in [6.07, 6.45) is 0. The van der Waals surface area contributed by atoms with Crippen molar-refractivity contribution in [3.63, 3.8) is 0 Å². The van der Waals surface area contributed by atoms with E-state index < -0.39 is 15.9 Å². The Balaban J connectivity index is 1.91. The number of anilines is 2. The number of carbonyl (C=O) groups excluding carboxylic acids is 1. The number of carbonyl (C=O) groups is 1. The van der Waals surface area contributed by atoms with Crippen molar-refractivity contribution in [1.82, 2.24) is 0 Å². The van der Waals surface area contributed by atoms with E-state index in [1.807, 2.05) is 0 Å². The van der Waals surface area contributed by atoms with Crippen LogP contribution in [0.4, 0.5) is 11.4 Å². The number of halogens is 2. The highest BCUT2D eigenvalue weighted by Gasteiger charge is 2.19. The molecule has 0 heterocycles. The molecule has 150 valence electrons. The molecule has 0 aromatic heterocycles. The number of amides is 1. The molecule has 0 saturated carbocycles. The monoisotopic (exact) mass is 450 g/mol. The zero-order chi connectivity index (χ0) is 21.0. The Morgan fingerprint density at radius 2 is 1.62 bits per heavy atom. The van der Waals surface area contributed by atoms with Gasteiger partial charge in [-0.05, 0) is 54.6 Å². The van der Waals surface area contributed by atoms with Crippen molar-refractivity contribution in [2.24, 2.45) is 0 Å². The Morgan fingerprint density at radius 1 is 0.931 bits per heavy atom. The molecule has 0 radical (unpaired) electrons. The normalized spacial score (nSPS) is 11.0. The van der Waals surface area contributed by atoms with E-state index in [1.54, 1.807) is 48.5 Å². The summed E-state index contributed by atoms with van der Waals surface area (Å²) in [6, 6.07) is 16.9. The predicted molar refractivity (Wildman–Crippen MR) is 115 cm³/mol. The van der Waals surface area contributed by atoms with Gasteiger partial charge in [-0.2, -0.15) is 0 Å². The first-order valence-electron chi connectivity index (χ1n) is 8.32. The number of rotatable bonds is 6. The van der Waals surface area contributed by atoms with Crippen LogP contribution in [0.3, 0.4) is 0 Å². The number of sulfonamides is 1. The third-order valence-corrected chi connectivity index (χ3v) is 5.90. The fourth-order valence-electron chi connectivity index (χ4n) is 2.50. The van der Waals surface area contributed by atoms with Gasteiger partial charge < -0.3 is 10.1 Å². The Hall–Kier alpha value is -2.74. The van der Waals surface area contributed by atoms with Gasteiger partial charge in [-0.15, -0.1) is 0 Å². The lowest BCUT2D eigenvalue weighted by Crippen LogP contribution is -2.16. The maximum atomic E-state index is 12.8. The van der Waals surface area contributed by atoms with Gasteiger partial charge in [0.15, 0.2) is 0 Å². The SMILES string of the molecule is COc1ccc(S(=O)(=O)Nc2ccccc2Cl)cc1NC(=O)c1ccc(Cl)cc1. The third kappa shape index (κ3) is 5.00. The summed E-state index contributed by atoms with van der Waals surface area (Å²) in [7, 11) is -2.53. The lowest BCUT2D eigenvalue weighted by Gasteiger charge is -2.14. The highest BCUT2D eigenvalue weighted by atomic mass is 35.5. The minimum atomic E-state index is -3.95. The molecule has 0 aliphatic rings. The molecule has 0 saturated heterocycles. The van der Waals surface area contributed by atoms with Crippen LogP contribution in [-0.4, -0.2) is 21.4 Å². The molecule has 6 nitrogen and oxygen atoms in total. The van der Waals surface area contributed by atoms with Crippen LogP contribution < -0.4 is 14.8 Å². The van der Waals surface area contributed by atoms with Crippen LogP contribution in [0.15, 0.2) is 71.6 Å². The lowest BCUT2D eigenvalue weighted by atomic mass is 10.2. The van der Waals surface area contributed by atoms with E-state index in [4.69, 9.17) is 27.9 Å². The van der Waals surface area contributed by atoms with Crippen molar-refractivity contribution in [2.75, 3.05) is 17.1 Å². The molecule has 29 heavy (non-hydrogen) atoms. The van der Waals surface area contributed by atoms with Crippen molar-refractivity contribution < 1.29 is 17.9 Å². The molecule has 0 spiro atoms. The number of ether oxygens (including phenoxy) is 1. The van der Waals surface area contributed by atoms with Gasteiger partial charge >= 0.3 is 0 Å². The standard InChI is InChI=1S/C20H16Cl2N2O4S/c1-28-19-11-10-15(29(26,27)24-17-5-3-2-4-16(17)22)12-18(19)23-20(25)13-6-8-14(21)9-7-13/h2-12,24H,1H3,(H,23,25). The molecule has 0 bridgehead atoms. The highest BCUT2D eigenvalue weighted by molar-refractivity contribution is 7.92. The van der Waals surface area contributed by atoms with Gasteiger partial charge in [0.2, 0.25) is 0 Å². The second kappa shape index (κ2) is 8.73. The first-order chi connectivity index (χ1) is 13.8. The molecule has 3 aromatic rings. The average Bonchev–Trinajstić information content (AvgIpc) is 2.70. The molecule has 0 atom stereocenters. The summed E-state index contributed by atoms with van der Waals surface area (Å²) < 4.78 is 33.2. The number of methoxy groups -OCH3 is 1. The average molecular weight is 451 g/mol. The van der Waals surface area contributed by atoms with Gasteiger partial charge in [-0.1, -0.05) is 35.3 Å². The van der Waals surface area contributed by atoms with Gasteiger partial charge in [0.1, 0.15) is 5.75 Å². The summed E-state index contributed by atoms with van der Waals surface area (Å²) >= 11 is 11.9. The van der Waals surface area contributed by atoms with Crippen LogP contribution in [0.5, 0.6) is 5.75 Å². The molecule has 1 amide bonds. The second-order valence-electron chi connectivity index (χ2n) is 5.91. The van der Waals surface area contributed by atoms with Crippen LogP contribution >= 0.6 is 23.2 Å². The Bertz CT molecular complexity index is 1150. The molecule has 3 aromatic carbocycles. The Labute approximate surface area is 178 Å². The van der Waals surface area contributed by atoms with Gasteiger partial charge in [-0.25, -0.2) is 8.42 Å². The van der Waals surface area contributed by atoms with Crippen LogP contribution in [0, 0.1) is 0 Å². The van der Waals surface area contributed by atoms with Crippen molar-refractivity contribution >= 4 is 50.5 Å². The van der Waals surface area contributed by atoms with Crippen molar-refractivity contribution in [2.45, 2.75) is 4.90 Å². The molecule has 0 fully saturated rings. The van der Waals surface area contributed by atoms with Gasteiger partial charge in [-0.3, -0.25) is 9.52 Å². The van der Waals surface area contributed by atoms with Crippen LogP contribution in [0.1, 0.15) is 10.4 Å². The fraction of sp³-hybridized carbons (Fsp3) is 0.0500. The molecule has 9 heteroatoms. The first-order valence-corrected chi connectivity index (χ1v) is 10.6. The van der Waals surface area contributed by atoms with E-state index in [1.165, 1.54) is 25.3 Å². The molecule has 0 aliphatic carbocycles. The minimum absolute atomic E-state index is 0.0652. The van der Waals surface area contributed by atoms with E-state index in [0.29, 0.717) is 16.3 Å². The summed E-state index contributed by atoms with van der Waals surface area (Å²) in [5, 5.41) is 3.42. The molecular formula is C20H16Cl2N2O4S. The van der Waals surface area contributed by atoms with Crippen molar-refractivity contribution in [1.29, 1.82) is 0 Å². The van der Waals surface area contributed by atoms with Gasteiger partial charge in [0, 0.05) is 10.6 Å². The Kier molecular flexibility index (Phi) is 6.32. The van der Waals surface area contributed by atoms with E-state index in [2.05, 4.69) is 10.0 Å². The maximum absolute atomic E-state index is 12.8. The van der Waals surface area contributed by atoms with E-state index in [9.17, 15) is 13.2 Å². The molecule has 0 aliphatic heterocycles. The first kappa shape index (κ1) is 21.0. The number of hydrogen-bond acceptors (Lipinski definition) is 4. The van der Waals surface area contributed by atoms with Crippen molar-refractivity contribution in [3.05, 3.63) is 82.3 Å². The smallest absolute Gasteiger partial charge is 0.262 e. The lowest BCUT2D eigenvalue weighted by molar-refractivity contribution is 0.102. The fourth-order valence-corrected chi connectivity index (χ4v) is 3.97. The van der Waals surface area contributed by atoms with Gasteiger partial charge in [0.05, 0.1) is 28.4 Å². The summed E-state index contributed by atoms with van der Waals surface area (Å²) in [6.45, 7) is 0. The third-order valence-electron chi connectivity index (χ3n) is 3.95. The van der Waals surface area contributed by atoms with Crippen molar-refractivity contribution in [3.8, 4) is 5.75 Å². The molecule has 3 rings (SSSR count). The number of nitrogens with one attached hydrogen (secondary N) is 2. The number of para-hydroxylation sites is 1. The molecular weight excluding hydrogens is 435 g/mol. The summed E-state index contributed by atoms with van der Waals surface area (Å²) in [5.41, 5.74) is 0.810. The van der Waals surface area contributed by atoms with Crippen LogP contribution in [0.25, 0.3) is 0 Å². The number of benzene rings is 3. The predicted octanol–water partition coefficient (Wildman–Crippen LogP) is 5.06.